The highest BCUT2D eigenvalue weighted by atomic mass is 16.2. The lowest BCUT2D eigenvalue weighted by molar-refractivity contribution is -0.122. The smallest absolute Gasteiger partial charge is 0.236 e. The van der Waals surface area contributed by atoms with Gasteiger partial charge in [-0.25, -0.2) is 0 Å². The molecule has 4 nitrogen and oxygen atoms in total. The normalized spacial score (nSPS) is 12.8. The Morgan fingerprint density at radius 2 is 2.14 bits per heavy atom. The quantitative estimate of drug-likeness (QED) is 0.764. The van der Waals surface area contributed by atoms with Crippen molar-refractivity contribution in [3.8, 4) is 0 Å². The lowest BCUT2D eigenvalue weighted by Gasteiger charge is -2.14. The number of rotatable bonds is 6. The van der Waals surface area contributed by atoms with Crippen LogP contribution in [0.25, 0.3) is 10.9 Å². The van der Waals surface area contributed by atoms with E-state index in [1.165, 1.54) is 16.5 Å². The number of hydrogen-bond acceptors (Lipinski definition) is 2. The number of benzene rings is 1. The molecule has 2 rings (SSSR count). The van der Waals surface area contributed by atoms with Crippen LogP contribution in [0, 0.1) is 12.8 Å². The Labute approximate surface area is 126 Å². The van der Waals surface area contributed by atoms with Crippen LogP contribution in [-0.2, 0) is 11.2 Å². The number of fused-ring (bicyclic) bond motifs is 1. The van der Waals surface area contributed by atoms with Crippen molar-refractivity contribution in [2.75, 3.05) is 6.54 Å². The van der Waals surface area contributed by atoms with E-state index in [4.69, 9.17) is 5.73 Å². The number of amides is 1. The van der Waals surface area contributed by atoms with Gasteiger partial charge >= 0.3 is 0 Å². The fraction of sp³-hybridized carbons (Fsp3) is 0.471. The molecule has 4 N–H and O–H groups in total. The minimum Gasteiger partial charge on any atom is -0.361 e. The molecule has 1 atom stereocenters. The average Bonchev–Trinajstić information content (AvgIpc) is 2.82. The molecule has 0 radical (unpaired) electrons. The van der Waals surface area contributed by atoms with Crippen LogP contribution in [-0.4, -0.2) is 23.5 Å². The van der Waals surface area contributed by atoms with E-state index in [1.807, 2.05) is 12.3 Å². The van der Waals surface area contributed by atoms with Gasteiger partial charge in [-0.1, -0.05) is 26.0 Å². The van der Waals surface area contributed by atoms with Crippen molar-refractivity contribution in [2.24, 2.45) is 11.7 Å². The Kier molecular flexibility index (Phi) is 5.02. The van der Waals surface area contributed by atoms with E-state index in [-0.39, 0.29) is 5.91 Å². The van der Waals surface area contributed by atoms with Crippen LogP contribution in [0.5, 0.6) is 0 Å². The zero-order valence-electron chi connectivity index (χ0n) is 13.1. The minimum absolute atomic E-state index is 0.0553. The molecule has 0 aliphatic rings. The summed E-state index contributed by atoms with van der Waals surface area (Å²) in [6, 6.07) is 5.82. The largest absolute Gasteiger partial charge is 0.361 e. The van der Waals surface area contributed by atoms with Crippen LogP contribution in [0.15, 0.2) is 24.4 Å². The standard InChI is InChI=1S/C17H25N3O/c1-11(2)9-14(18)17(21)19-8-7-13-10-20-15-6-4-5-12(3)16(13)15/h4-6,10-11,14,20H,7-9,18H2,1-3H3,(H,19,21)/t14-/m0/s1. The van der Waals surface area contributed by atoms with E-state index < -0.39 is 6.04 Å². The third-order valence-corrected chi connectivity index (χ3v) is 3.75. The van der Waals surface area contributed by atoms with Crippen molar-refractivity contribution in [3.63, 3.8) is 0 Å². The second kappa shape index (κ2) is 6.76. The third-order valence-electron chi connectivity index (χ3n) is 3.75. The van der Waals surface area contributed by atoms with Crippen molar-refractivity contribution in [1.29, 1.82) is 0 Å². The van der Waals surface area contributed by atoms with E-state index in [2.05, 4.69) is 43.2 Å². The fourth-order valence-electron chi connectivity index (χ4n) is 2.71. The van der Waals surface area contributed by atoms with E-state index >= 15 is 0 Å². The van der Waals surface area contributed by atoms with Gasteiger partial charge in [-0.15, -0.1) is 0 Å². The zero-order chi connectivity index (χ0) is 15.4. The zero-order valence-corrected chi connectivity index (χ0v) is 13.1. The number of hydrogen-bond donors (Lipinski definition) is 3. The molecule has 1 aromatic heterocycles. The molecule has 0 fully saturated rings. The van der Waals surface area contributed by atoms with E-state index in [1.54, 1.807) is 0 Å². The first-order valence-corrected chi connectivity index (χ1v) is 7.58. The molecular weight excluding hydrogens is 262 g/mol. The van der Waals surface area contributed by atoms with E-state index in [9.17, 15) is 4.79 Å². The third kappa shape index (κ3) is 3.85. The molecule has 1 aromatic carbocycles. The second-order valence-electron chi connectivity index (χ2n) is 6.09. The highest BCUT2D eigenvalue weighted by Crippen LogP contribution is 2.22. The second-order valence-corrected chi connectivity index (χ2v) is 6.09. The van der Waals surface area contributed by atoms with Crippen LogP contribution in [0.4, 0.5) is 0 Å². The Bertz CT molecular complexity index is 616. The first kappa shape index (κ1) is 15.6. The molecule has 1 amide bonds. The summed E-state index contributed by atoms with van der Waals surface area (Å²) >= 11 is 0. The lowest BCUT2D eigenvalue weighted by atomic mass is 10.0. The van der Waals surface area contributed by atoms with Crippen LogP contribution in [0.2, 0.25) is 0 Å². The van der Waals surface area contributed by atoms with Gasteiger partial charge < -0.3 is 16.0 Å². The van der Waals surface area contributed by atoms with E-state index in [0.29, 0.717) is 12.5 Å². The molecule has 114 valence electrons. The summed E-state index contributed by atoms with van der Waals surface area (Å²) in [6.45, 7) is 6.87. The number of carbonyl (C=O) groups is 1. The van der Waals surface area contributed by atoms with Gasteiger partial charge in [-0.05, 0) is 42.9 Å². The minimum atomic E-state index is -0.408. The van der Waals surface area contributed by atoms with Crippen molar-refractivity contribution < 1.29 is 4.79 Å². The molecule has 1 heterocycles. The highest BCUT2D eigenvalue weighted by molar-refractivity contribution is 5.86. The number of aryl methyl sites for hydroxylation is 1. The molecule has 21 heavy (non-hydrogen) atoms. The summed E-state index contributed by atoms with van der Waals surface area (Å²) in [5, 5.41) is 4.19. The number of nitrogens with one attached hydrogen (secondary N) is 2. The Hall–Kier alpha value is -1.81. The maximum Gasteiger partial charge on any atom is 0.236 e. The van der Waals surface area contributed by atoms with Crippen LogP contribution in [0.1, 0.15) is 31.4 Å². The molecule has 0 saturated carbocycles. The topological polar surface area (TPSA) is 70.9 Å². The summed E-state index contributed by atoms with van der Waals surface area (Å²) < 4.78 is 0. The van der Waals surface area contributed by atoms with Gasteiger partial charge in [0.25, 0.3) is 0 Å². The summed E-state index contributed by atoms with van der Waals surface area (Å²) in [6.07, 6.45) is 3.56. The Morgan fingerprint density at radius 1 is 1.38 bits per heavy atom. The molecule has 2 aromatic rings. The van der Waals surface area contributed by atoms with Gasteiger partial charge in [-0.3, -0.25) is 4.79 Å². The number of H-pyrrole nitrogens is 1. The molecular formula is C17H25N3O. The van der Waals surface area contributed by atoms with Crippen LogP contribution >= 0.6 is 0 Å². The van der Waals surface area contributed by atoms with E-state index in [0.717, 1.165) is 18.4 Å². The molecule has 0 aliphatic heterocycles. The maximum absolute atomic E-state index is 11.9. The first-order valence-electron chi connectivity index (χ1n) is 7.58. The van der Waals surface area contributed by atoms with Gasteiger partial charge in [0.1, 0.15) is 0 Å². The highest BCUT2D eigenvalue weighted by Gasteiger charge is 2.14. The molecule has 0 aliphatic carbocycles. The number of nitrogens with two attached hydrogens (primary N) is 1. The summed E-state index contributed by atoms with van der Waals surface area (Å²) in [5.74, 6) is 0.377. The number of carbonyl (C=O) groups excluding carboxylic acids is 1. The number of aromatic amines is 1. The Balaban J connectivity index is 1.92. The summed E-state index contributed by atoms with van der Waals surface area (Å²) in [5.41, 5.74) is 9.51. The molecule has 0 unspecified atom stereocenters. The molecule has 0 saturated heterocycles. The van der Waals surface area contributed by atoms with Gasteiger partial charge in [-0.2, -0.15) is 0 Å². The first-order chi connectivity index (χ1) is 9.99. The Morgan fingerprint density at radius 3 is 2.86 bits per heavy atom. The molecule has 0 spiro atoms. The van der Waals surface area contributed by atoms with Gasteiger partial charge in [0.05, 0.1) is 6.04 Å². The van der Waals surface area contributed by atoms with Crippen molar-refractivity contribution >= 4 is 16.8 Å². The van der Waals surface area contributed by atoms with Crippen molar-refractivity contribution in [3.05, 3.63) is 35.5 Å². The van der Waals surface area contributed by atoms with Gasteiger partial charge in [0, 0.05) is 23.6 Å². The SMILES string of the molecule is Cc1cccc2[nH]cc(CCNC(=O)[C@@H](N)CC(C)C)c12. The van der Waals surface area contributed by atoms with Gasteiger partial charge in [0.2, 0.25) is 5.91 Å². The van der Waals surface area contributed by atoms with Crippen LogP contribution < -0.4 is 11.1 Å². The van der Waals surface area contributed by atoms with Crippen molar-refractivity contribution in [2.45, 2.75) is 39.7 Å². The summed E-state index contributed by atoms with van der Waals surface area (Å²) in [4.78, 5) is 15.2. The molecule has 4 heteroatoms. The van der Waals surface area contributed by atoms with Crippen LogP contribution in [0.3, 0.4) is 0 Å². The molecule has 0 bridgehead atoms. The predicted octanol–water partition coefficient (Wildman–Crippen LogP) is 2.51. The number of aromatic nitrogens is 1. The average molecular weight is 287 g/mol. The summed E-state index contributed by atoms with van der Waals surface area (Å²) in [7, 11) is 0. The lowest BCUT2D eigenvalue weighted by Crippen LogP contribution is -2.42. The maximum atomic E-state index is 11.9. The van der Waals surface area contributed by atoms with Gasteiger partial charge in [0.15, 0.2) is 0 Å². The predicted molar refractivity (Wildman–Crippen MR) is 87.2 cm³/mol. The monoisotopic (exact) mass is 287 g/mol. The fourth-order valence-corrected chi connectivity index (χ4v) is 2.71. The van der Waals surface area contributed by atoms with Crippen molar-refractivity contribution in [1.82, 2.24) is 10.3 Å².